The number of pyridine rings is 1. The van der Waals surface area contributed by atoms with Crippen LogP contribution in [0.15, 0.2) is 18.3 Å². The average molecular weight is 278 g/mol. The number of hydrogen-bond donors (Lipinski definition) is 0. The molecule has 1 rings (SSSR count). The van der Waals surface area contributed by atoms with Crippen LogP contribution in [0.3, 0.4) is 0 Å². The van der Waals surface area contributed by atoms with E-state index >= 15 is 0 Å². The van der Waals surface area contributed by atoms with Crippen molar-refractivity contribution in [1.29, 1.82) is 0 Å². The van der Waals surface area contributed by atoms with Crippen LogP contribution in [0.25, 0.3) is 0 Å². The van der Waals surface area contributed by atoms with Crippen LogP contribution in [-0.2, 0) is 20.4 Å². The molecule has 0 bridgehead atoms. The summed E-state index contributed by atoms with van der Waals surface area (Å²) in [5.41, 5.74) is 1.02. The zero-order valence-corrected chi connectivity index (χ0v) is 7.27. The standard InChI is InChI=1S/C6H6N.Re/c1-6-4-2-3-5-7-6;/h3-5H,1H3;/q-1;. The molecule has 1 heterocycles. The Morgan fingerprint density at radius 2 is 2.38 bits per heavy atom. The molecule has 0 spiro atoms. The molecule has 0 aliphatic carbocycles. The Morgan fingerprint density at radius 3 is 2.62 bits per heavy atom. The Balaban J connectivity index is 0.000000490. The van der Waals surface area contributed by atoms with Gasteiger partial charge in [-0.15, -0.1) is 0 Å². The molecule has 0 saturated heterocycles. The number of aromatic nitrogens is 1. The first-order chi connectivity index (χ1) is 3.39. The normalized spacial score (nSPS) is 7.62. The van der Waals surface area contributed by atoms with Gasteiger partial charge in [0, 0.05) is 20.4 Å². The van der Waals surface area contributed by atoms with E-state index in [0.29, 0.717) is 0 Å². The zero-order chi connectivity index (χ0) is 5.11. The summed E-state index contributed by atoms with van der Waals surface area (Å²) in [5, 5.41) is 0. The van der Waals surface area contributed by atoms with E-state index in [4.69, 9.17) is 0 Å². The quantitative estimate of drug-likeness (QED) is 0.650. The average Bonchev–Trinajstić information content (AvgIpc) is 1.69. The fraction of sp³-hybridized carbons (Fsp3) is 0.167. The molecule has 0 aliphatic rings. The van der Waals surface area contributed by atoms with E-state index in [1.54, 1.807) is 12.3 Å². The monoisotopic (exact) mass is 279 g/mol. The second-order valence-corrected chi connectivity index (χ2v) is 1.40. The molecular weight excluding hydrogens is 272 g/mol. The largest absolute Gasteiger partial charge is 0.388 e. The molecule has 0 aliphatic heterocycles. The van der Waals surface area contributed by atoms with Gasteiger partial charge in [0.15, 0.2) is 0 Å². The fourth-order valence-electron chi connectivity index (χ4n) is 0.404. The summed E-state index contributed by atoms with van der Waals surface area (Å²) in [6.45, 7) is 1.94. The van der Waals surface area contributed by atoms with Crippen LogP contribution < -0.4 is 0 Å². The van der Waals surface area contributed by atoms with E-state index < -0.39 is 0 Å². The van der Waals surface area contributed by atoms with E-state index in [9.17, 15) is 0 Å². The number of rotatable bonds is 0. The van der Waals surface area contributed by atoms with Gasteiger partial charge in [-0.3, -0.25) is 0 Å². The molecule has 2 heteroatoms. The molecule has 1 aromatic rings. The van der Waals surface area contributed by atoms with Crippen molar-refractivity contribution in [2.45, 2.75) is 6.92 Å². The van der Waals surface area contributed by atoms with Crippen molar-refractivity contribution in [2.75, 3.05) is 0 Å². The van der Waals surface area contributed by atoms with Gasteiger partial charge in [0.05, 0.1) is 0 Å². The Bertz CT molecular complexity index is 138. The van der Waals surface area contributed by atoms with E-state index in [0.717, 1.165) is 5.69 Å². The van der Waals surface area contributed by atoms with Gasteiger partial charge in [-0.2, -0.15) is 18.2 Å². The minimum absolute atomic E-state index is 0. The maximum absolute atomic E-state index is 3.95. The smallest absolute Gasteiger partial charge is 0 e. The predicted octanol–water partition coefficient (Wildman–Crippen LogP) is 1.19. The van der Waals surface area contributed by atoms with Gasteiger partial charge in [0.2, 0.25) is 0 Å². The summed E-state index contributed by atoms with van der Waals surface area (Å²) in [6.07, 6.45) is 1.73. The van der Waals surface area contributed by atoms with Crippen LogP contribution in [0.2, 0.25) is 0 Å². The third kappa shape index (κ3) is 2.21. The molecule has 1 aromatic heterocycles. The predicted molar refractivity (Wildman–Crippen MR) is 27.8 cm³/mol. The second kappa shape index (κ2) is 3.77. The molecule has 1 radical (unpaired) electrons. The van der Waals surface area contributed by atoms with Gasteiger partial charge < -0.3 is 4.98 Å². The van der Waals surface area contributed by atoms with Crippen LogP contribution in [0.5, 0.6) is 0 Å². The molecule has 0 aromatic carbocycles. The second-order valence-electron chi connectivity index (χ2n) is 1.40. The van der Waals surface area contributed by atoms with Crippen LogP contribution >= 0.6 is 0 Å². The van der Waals surface area contributed by atoms with Crippen LogP contribution in [0.1, 0.15) is 5.69 Å². The molecule has 0 N–H and O–H groups in total. The molecule has 1 nitrogen and oxygen atoms in total. The summed E-state index contributed by atoms with van der Waals surface area (Å²) < 4.78 is 0. The van der Waals surface area contributed by atoms with Gasteiger partial charge >= 0.3 is 0 Å². The van der Waals surface area contributed by atoms with Crippen molar-refractivity contribution in [3.63, 3.8) is 0 Å². The summed E-state index contributed by atoms with van der Waals surface area (Å²) in [4.78, 5) is 3.95. The fourth-order valence-corrected chi connectivity index (χ4v) is 0.404. The Hall–Kier alpha value is -0.188. The zero-order valence-electron chi connectivity index (χ0n) is 4.56. The first kappa shape index (κ1) is 7.81. The summed E-state index contributed by atoms with van der Waals surface area (Å²) >= 11 is 0. The first-order valence-corrected chi connectivity index (χ1v) is 2.18. The number of aryl methyl sites for hydroxylation is 1. The molecule has 8 heavy (non-hydrogen) atoms. The topological polar surface area (TPSA) is 12.9 Å². The van der Waals surface area contributed by atoms with E-state index in [2.05, 4.69) is 11.1 Å². The van der Waals surface area contributed by atoms with E-state index in [-0.39, 0.29) is 20.4 Å². The van der Waals surface area contributed by atoms with Crippen LogP contribution in [0.4, 0.5) is 0 Å². The van der Waals surface area contributed by atoms with Crippen molar-refractivity contribution in [2.24, 2.45) is 0 Å². The SMILES string of the molecule is Cc1c[c-]ccn1.[Re]. The third-order valence-electron chi connectivity index (χ3n) is 0.741. The molecule has 0 saturated carbocycles. The number of hydrogen-bond acceptors (Lipinski definition) is 1. The molecule has 0 atom stereocenters. The number of nitrogens with zero attached hydrogens (tertiary/aromatic N) is 1. The van der Waals surface area contributed by atoms with Crippen molar-refractivity contribution in [3.05, 3.63) is 30.1 Å². The van der Waals surface area contributed by atoms with Gasteiger partial charge in [0.25, 0.3) is 0 Å². The third-order valence-corrected chi connectivity index (χ3v) is 0.741. The summed E-state index contributed by atoms with van der Waals surface area (Å²) in [7, 11) is 0. The summed E-state index contributed by atoms with van der Waals surface area (Å²) in [5.74, 6) is 0. The maximum Gasteiger partial charge on any atom is 0 e. The van der Waals surface area contributed by atoms with Crippen LogP contribution in [-0.4, -0.2) is 4.98 Å². The molecule has 0 fully saturated rings. The molecular formula is C6H6NRe-. The molecule has 43 valence electrons. The maximum atomic E-state index is 3.95. The van der Waals surface area contributed by atoms with Crippen LogP contribution in [0, 0.1) is 13.0 Å². The Labute approximate surface area is 62.8 Å². The van der Waals surface area contributed by atoms with Crippen molar-refractivity contribution < 1.29 is 20.4 Å². The minimum Gasteiger partial charge on any atom is -0.388 e. The van der Waals surface area contributed by atoms with Gasteiger partial charge in [-0.25, -0.2) is 0 Å². The summed E-state index contributed by atoms with van der Waals surface area (Å²) in [6, 6.07) is 6.53. The van der Waals surface area contributed by atoms with E-state index in [1.807, 2.05) is 13.0 Å². The van der Waals surface area contributed by atoms with Crippen molar-refractivity contribution in [1.82, 2.24) is 4.98 Å². The van der Waals surface area contributed by atoms with Gasteiger partial charge in [-0.05, 0) is 0 Å². The Morgan fingerprint density at radius 1 is 1.62 bits per heavy atom. The molecule has 0 amide bonds. The van der Waals surface area contributed by atoms with Gasteiger partial charge in [-0.1, -0.05) is 18.8 Å². The van der Waals surface area contributed by atoms with Crippen molar-refractivity contribution in [3.8, 4) is 0 Å². The minimum atomic E-state index is 0. The van der Waals surface area contributed by atoms with Crippen molar-refractivity contribution >= 4 is 0 Å². The van der Waals surface area contributed by atoms with E-state index in [1.165, 1.54) is 0 Å². The van der Waals surface area contributed by atoms with Gasteiger partial charge in [0.1, 0.15) is 0 Å². The first-order valence-electron chi connectivity index (χ1n) is 2.18. The molecule has 0 unspecified atom stereocenters. The Kier molecular flexibility index (Phi) is 3.68.